The first-order valence-electron chi connectivity index (χ1n) is 7.27. The standard InChI is InChI=1S/C15H15N3O7/c1-2-25-12(21)7-16-15(24)17(8-11(19)20)18-13(22)9-5-3-4-6-10(9)14(18)23/h3-6H,2,7-8H2,1H3,(H,16,24)(H,19,20). The first-order valence-corrected chi connectivity index (χ1v) is 7.27. The highest BCUT2D eigenvalue weighted by molar-refractivity contribution is 6.21. The maximum atomic E-state index is 12.4. The number of carboxylic acid groups (broad SMARTS) is 1. The summed E-state index contributed by atoms with van der Waals surface area (Å²) in [6.45, 7) is 0.202. The number of fused-ring (bicyclic) bond motifs is 1. The number of rotatable bonds is 6. The Balaban J connectivity index is 2.22. The van der Waals surface area contributed by atoms with Gasteiger partial charge in [-0.05, 0) is 19.1 Å². The number of nitrogens with zero attached hydrogens (tertiary/aromatic N) is 2. The van der Waals surface area contributed by atoms with E-state index >= 15 is 0 Å². The number of hydrogen-bond donors (Lipinski definition) is 2. The van der Waals surface area contributed by atoms with Crippen LogP contribution in [0.3, 0.4) is 0 Å². The lowest BCUT2D eigenvalue weighted by molar-refractivity contribution is -0.141. The summed E-state index contributed by atoms with van der Waals surface area (Å²) < 4.78 is 4.64. The number of esters is 1. The molecule has 1 aliphatic heterocycles. The molecule has 0 radical (unpaired) electrons. The van der Waals surface area contributed by atoms with E-state index in [1.807, 2.05) is 0 Å². The number of carbonyl (C=O) groups is 5. The molecule has 10 nitrogen and oxygen atoms in total. The number of benzene rings is 1. The van der Waals surface area contributed by atoms with Crippen LogP contribution >= 0.6 is 0 Å². The van der Waals surface area contributed by atoms with Gasteiger partial charge in [0.05, 0.1) is 17.7 Å². The van der Waals surface area contributed by atoms with Crippen LogP contribution in [0.2, 0.25) is 0 Å². The highest BCUT2D eigenvalue weighted by atomic mass is 16.5. The van der Waals surface area contributed by atoms with Gasteiger partial charge in [-0.2, -0.15) is 5.01 Å². The summed E-state index contributed by atoms with van der Waals surface area (Å²) in [6, 6.07) is 4.77. The van der Waals surface area contributed by atoms with Gasteiger partial charge in [-0.1, -0.05) is 12.1 Å². The van der Waals surface area contributed by atoms with E-state index in [1.54, 1.807) is 6.92 Å². The maximum absolute atomic E-state index is 12.4. The fraction of sp³-hybridized carbons (Fsp3) is 0.267. The van der Waals surface area contributed by atoms with Crippen molar-refractivity contribution < 1.29 is 33.8 Å². The number of aliphatic carboxylic acids is 1. The Morgan fingerprint density at radius 3 is 2.20 bits per heavy atom. The molecular weight excluding hydrogens is 334 g/mol. The Morgan fingerprint density at radius 2 is 1.72 bits per heavy atom. The lowest BCUT2D eigenvalue weighted by atomic mass is 10.1. The van der Waals surface area contributed by atoms with Gasteiger partial charge in [0.25, 0.3) is 11.8 Å². The summed E-state index contributed by atoms with van der Waals surface area (Å²) in [4.78, 5) is 59.3. The molecule has 1 aromatic carbocycles. The zero-order valence-corrected chi connectivity index (χ0v) is 13.2. The van der Waals surface area contributed by atoms with Gasteiger partial charge in [-0.15, -0.1) is 0 Å². The van der Waals surface area contributed by atoms with Crippen molar-refractivity contribution in [1.29, 1.82) is 0 Å². The lowest BCUT2D eigenvalue weighted by Gasteiger charge is -2.28. The predicted octanol–water partition coefficient (Wildman–Crippen LogP) is -0.143. The molecule has 0 saturated heterocycles. The molecule has 1 aromatic rings. The molecule has 2 N–H and O–H groups in total. The topological polar surface area (TPSA) is 133 Å². The molecule has 1 heterocycles. The number of amides is 4. The second-order valence-corrected chi connectivity index (χ2v) is 4.88. The normalized spacial score (nSPS) is 12.6. The highest BCUT2D eigenvalue weighted by Crippen LogP contribution is 2.24. The largest absolute Gasteiger partial charge is 0.480 e. The smallest absolute Gasteiger partial charge is 0.337 e. The van der Waals surface area contributed by atoms with Crippen molar-refractivity contribution in [3.05, 3.63) is 35.4 Å². The van der Waals surface area contributed by atoms with Crippen LogP contribution in [-0.2, 0) is 14.3 Å². The number of hydrogen-bond acceptors (Lipinski definition) is 6. The van der Waals surface area contributed by atoms with E-state index in [2.05, 4.69) is 10.1 Å². The molecule has 0 aliphatic carbocycles. The minimum atomic E-state index is -1.44. The molecule has 132 valence electrons. The zero-order chi connectivity index (χ0) is 18.6. The molecule has 0 atom stereocenters. The van der Waals surface area contributed by atoms with Crippen molar-refractivity contribution in [2.24, 2.45) is 0 Å². The minimum absolute atomic E-state index is 0.0566. The predicted molar refractivity (Wildman–Crippen MR) is 81.3 cm³/mol. The van der Waals surface area contributed by atoms with E-state index in [0.717, 1.165) is 0 Å². The molecule has 0 aromatic heterocycles. The third-order valence-electron chi connectivity index (χ3n) is 3.22. The Kier molecular flexibility index (Phi) is 5.32. The van der Waals surface area contributed by atoms with Gasteiger partial charge >= 0.3 is 18.0 Å². The van der Waals surface area contributed by atoms with Gasteiger partial charge in [0.2, 0.25) is 0 Å². The van der Waals surface area contributed by atoms with Crippen molar-refractivity contribution in [2.45, 2.75) is 6.92 Å². The van der Waals surface area contributed by atoms with Crippen LogP contribution in [0.1, 0.15) is 27.6 Å². The third-order valence-corrected chi connectivity index (χ3v) is 3.22. The van der Waals surface area contributed by atoms with Gasteiger partial charge in [0, 0.05) is 0 Å². The first-order chi connectivity index (χ1) is 11.9. The Morgan fingerprint density at radius 1 is 1.16 bits per heavy atom. The Bertz CT molecular complexity index is 711. The zero-order valence-electron chi connectivity index (χ0n) is 13.2. The van der Waals surface area contributed by atoms with Crippen LogP contribution in [-0.4, -0.2) is 64.6 Å². The molecule has 2 rings (SSSR count). The summed E-state index contributed by atoms with van der Waals surface area (Å²) in [5, 5.41) is 12.0. The molecule has 0 bridgehead atoms. The molecule has 1 aliphatic rings. The van der Waals surface area contributed by atoms with Gasteiger partial charge in [0.15, 0.2) is 0 Å². The van der Waals surface area contributed by atoms with Crippen molar-refractivity contribution >= 4 is 29.8 Å². The van der Waals surface area contributed by atoms with Crippen LogP contribution < -0.4 is 5.32 Å². The average molecular weight is 349 g/mol. The number of nitrogens with one attached hydrogen (secondary N) is 1. The highest BCUT2D eigenvalue weighted by Gasteiger charge is 2.42. The van der Waals surface area contributed by atoms with E-state index in [-0.39, 0.29) is 17.7 Å². The molecule has 0 saturated carbocycles. The molecule has 4 amide bonds. The van der Waals surface area contributed by atoms with Crippen LogP contribution in [0.25, 0.3) is 0 Å². The van der Waals surface area contributed by atoms with Crippen LogP contribution in [0.15, 0.2) is 24.3 Å². The van der Waals surface area contributed by atoms with E-state index < -0.39 is 42.9 Å². The molecule has 10 heteroatoms. The number of hydrazine groups is 1. The number of carboxylic acids is 1. The molecule has 0 spiro atoms. The van der Waals surface area contributed by atoms with Gasteiger partial charge < -0.3 is 15.2 Å². The summed E-state index contributed by atoms with van der Waals surface area (Å²) in [6.07, 6.45) is 0. The van der Waals surface area contributed by atoms with Crippen molar-refractivity contribution in [3.63, 3.8) is 0 Å². The second-order valence-electron chi connectivity index (χ2n) is 4.88. The monoisotopic (exact) mass is 349 g/mol. The Hall–Kier alpha value is -3.43. The number of urea groups is 1. The summed E-state index contributed by atoms with van der Waals surface area (Å²) in [5.74, 6) is -3.84. The lowest BCUT2D eigenvalue weighted by Crippen LogP contribution is -2.55. The Labute approximate surface area is 141 Å². The van der Waals surface area contributed by atoms with Gasteiger partial charge in [-0.25, -0.2) is 9.80 Å². The third kappa shape index (κ3) is 3.74. The molecular formula is C15H15N3O7. The average Bonchev–Trinajstić information content (AvgIpc) is 2.82. The number of ether oxygens (including phenoxy) is 1. The summed E-state index contributed by atoms with van der Waals surface area (Å²) in [5.41, 5.74) is 0.113. The van der Waals surface area contributed by atoms with Gasteiger partial charge in [0.1, 0.15) is 13.1 Å². The van der Waals surface area contributed by atoms with Gasteiger partial charge in [-0.3, -0.25) is 19.2 Å². The molecule has 0 unspecified atom stereocenters. The summed E-state index contributed by atoms with van der Waals surface area (Å²) >= 11 is 0. The van der Waals surface area contributed by atoms with E-state index in [4.69, 9.17) is 5.11 Å². The van der Waals surface area contributed by atoms with Crippen molar-refractivity contribution in [2.75, 3.05) is 19.7 Å². The minimum Gasteiger partial charge on any atom is -0.480 e. The van der Waals surface area contributed by atoms with Crippen molar-refractivity contribution in [3.8, 4) is 0 Å². The van der Waals surface area contributed by atoms with E-state index in [1.165, 1.54) is 24.3 Å². The maximum Gasteiger partial charge on any atom is 0.337 e. The van der Waals surface area contributed by atoms with Crippen LogP contribution in [0.5, 0.6) is 0 Å². The van der Waals surface area contributed by atoms with Crippen molar-refractivity contribution in [1.82, 2.24) is 15.3 Å². The number of imide groups is 1. The first kappa shape index (κ1) is 17.9. The summed E-state index contributed by atoms with van der Waals surface area (Å²) in [7, 11) is 0. The van der Waals surface area contributed by atoms with E-state index in [0.29, 0.717) is 10.0 Å². The number of carbonyl (C=O) groups excluding carboxylic acids is 4. The fourth-order valence-corrected chi connectivity index (χ4v) is 2.21. The van der Waals surface area contributed by atoms with E-state index in [9.17, 15) is 24.0 Å². The SMILES string of the molecule is CCOC(=O)CNC(=O)N(CC(=O)O)N1C(=O)c2ccccc2C1=O. The molecule has 25 heavy (non-hydrogen) atoms. The second kappa shape index (κ2) is 7.43. The van der Waals surface area contributed by atoms with Crippen LogP contribution in [0, 0.1) is 0 Å². The molecule has 0 fully saturated rings. The van der Waals surface area contributed by atoms with Crippen LogP contribution in [0.4, 0.5) is 4.79 Å². The quantitative estimate of drug-likeness (QED) is 0.539. The fourth-order valence-electron chi connectivity index (χ4n) is 2.21.